The van der Waals surface area contributed by atoms with Gasteiger partial charge in [-0.3, -0.25) is 0 Å². The number of rotatable bonds is 5. The zero-order valence-corrected chi connectivity index (χ0v) is 11.7. The van der Waals surface area contributed by atoms with Crippen LogP contribution >= 0.6 is 12.6 Å². The van der Waals surface area contributed by atoms with E-state index < -0.39 is 4.92 Å². The molecule has 0 spiro atoms. The van der Waals surface area contributed by atoms with Gasteiger partial charge in [-0.1, -0.05) is 20.8 Å². The van der Waals surface area contributed by atoms with Crippen LogP contribution in [0.4, 0.5) is 5.82 Å². The van der Waals surface area contributed by atoms with E-state index >= 15 is 0 Å². The Labute approximate surface area is 112 Å². The number of hydrogen-bond acceptors (Lipinski definition) is 5. The van der Waals surface area contributed by atoms with Gasteiger partial charge in [-0.05, 0) is 33.2 Å². The fourth-order valence-electron chi connectivity index (χ4n) is 1.40. The quantitative estimate of drug-likeness (QED) is 0.507. The molecule has 100 valence electrons. The molecule has 1 aromatic heterocycles. The lowest BCUT2D eigenvalue weighted by molar-refractivity contribution is -0.390. The minimum absolute atomic E-state index is 0.0404. The summed E-state index contributed by atoms with van der Waals surface area (Å²) in [5, 5.41) is 10.8. The van der Waals surface area contributed by atoms with Crippen molar-refractivity contribution in [2.24, 2.45) is 11.3 Å². The lowest BCUT2D eigenvalue weighted by Crippen LogP contribution is -2.28. The third-order valence-corrected chi connectivity index (χ3v) is 3.25. The van der Waals surface area contributed by atoms with E-state index in [0.29, 0.717) is 12.4 Å². The first kappa shape index (κ1) is 14.8. The molecule has 0 amide bonds. The molecule has 0 aromatic carbocycles. The lowest BCUT2D eigenvalue weighted by atomic mass is 9.82. The Morgan fingerprint density at radius 3 is 2.72 bits per heavy atom. The maximum absolute atomic E-state index is 10.8. The second-order valence-corrected chi connectivity index (χ2v) is 5.50. The normalized spacial score (nSPS) is 13.1. The van der Waals surface area contributed by atoms with Crippen LogP contribution in [0.5, 0.6) is 5.75 Å². The summed E-state index contributed by atoms with van der Waals surface area (Å²) in [7, 11) is 0. The van der Waals surface area contributed by atoms with Crippen LogP contribution in [0.1, 0.15) is 20.8 Å². The van der Waals surface area contributed by atoms with Crippen LogP contribution in [-0.2, 0) is 0 Å². The molecule has 1 aromatic rings. The van der Waals surface area contributed by atoms with Crippen molar-refractivity contribution in [3.05, 3.63) is 28.4 Å². The molecule has 18 heavy (non-hydrogen) atoms. The smallest absolute Gasteiger partial charge is 0.406 e. The summed E-state index contributed by atoms with van der Waals surface area (Å²) in [6.07, 6.45) is 1.38. The van der Waals surface area contributed by atoms with Gasteiger partial charge in [0.25, 0.3) is 0 Å². The number of hydrogen-bond donors (Lipinski definition) is 1. The molecule has 1 heterocycles. The summed E-state index contributed by atoms with van der Waals surface area (Å²) in [5.74, 6) is 0.834. The Kier molecular flexibility index (Phi) is 4.95. The second kappa shape index (κ2) is 6.04. The van der Waals surface area contributed by atoms with Gasteiger partial charge in [0.15, 0.2) is 0 Å². The van der Waals surface area contributed by atoms with Gasteiger partial charge in [0.1, 0.15) is 6.20 Å². The van der Waals surface area contributed by atoms with Crippen LogP contribution < -0.4 is 4.74 Å². The Bertz CT molecular complexity index is 418. The molecule has 0 radical (unpaired) electrons. The molecule has 5 nitrogen and oxygen atoms in total. The summed E-state index contributed by atoms with van der Waals surface area (Å²) in [6.45, 7) is 6.66. The summed E-state index contributed by atoms with van der Waals surface area (Å²) in [6, 6.07) is 3.18. The second-order valence-electron chi connectivity index (χ2n) is 5.14. The minimum Gasteiger partial charge on any atom is -0.485 e. The number of ether oxygens (including phenoxy) is 1. The minimum atomic E-state index is -0.540. The first-order valence-corrected chi connectivity index (χ1v) is 6.32. The van der Waals surface area contributed by atoms with Crippen molar-refractivity contribution in [1.29, 1.82) is 0 Å². The van der Waals surface area contributed by atoms with E-state index in [2.05, 4.69) is 38.4 Å². The van der Waals surface area contributed by atoms with Crippen molar-refractivity contribution < 1.29 is 9.66 Å². The number of nitrogens with zero attached hydrogens (tertiary/aromatic N) is 2. The van der Waals surface area contributed by atoms with Crippen molar-refractivity contribution >= 4 is 18.4 Å². The van der Waals surface area contributed by atoms with Crippen molar-refractivity contribution in [2.75, 3.05) is 12.4 Å². The maximum Gasteiger partial charge on any atom is 0.406 e. The lowest BCUT2D eigenvalue weighted by Gasteiger charge is -2.29. The number of thiol groups is 1. The highest BCUT2D eigenvalue weighted by Crippen LogP contribution is 2.29. The Morgan fingerprint density at radius 1 is 1.56 bits per heavy atom. The van der Waals surface area contributed by atoms with E-state index in [4.69, 9.17) is 4.74 Å². The van der Waals surface area contributed by atoms with Crippen molar-refractivity contribution in [3.8, 4) is 5.75 Å². The SMILES string of the molecule is CC(C)(C)C(CS)COc1cccnc1[N+](=O)[O-]. The third-order valence-electron chi connectivity index (χ3n) is 2.81. The predicted octanol–water partition coefficient (Wildman–Crippen LogP) is 2.96. The average Bonchev–Trinajstić information content (AvgIpc) is 2.28. The fraction of sp³-hybridized carbons (Fsp3) is 0.583. The molecule has 1 rings (SSSR count). The first-order chi connectivity index (χ1) is 8.36. The largest absolute Gasteiger partial charge is 0.485 e. The fourth-order valence-corrected chi connectivity index (χ4v) is 2.05. The number of nitro groups is 1. The molecule has 0 bridgehead atoms. The van der Waals surface area contributed by atoms with E-state index in [1.165, 1.54) is 6.20 Å². The van der Waals surface area contributed by atoms with Crippen molar-refractivity contribution in [1.82, 2.24) is 4.98 Å². The molecule has 1 unspecified atom stereocenters. The van der Waals surface area contributed by atoms with E-state index in [1.807, 2.05) is 0 Å². The van der Waals surface area contributed by atoms with Gasteiger partial charge in [0.05, 0.1) is 6.61 Å². The van der Waals surface area contributed by atoms with E-state index in [0.717, 1.165) is 0 Å². The molecule has 1 atom stereocenters. The number of pyridine rings is 1. The average molecular weight is 270 g/mol. The molecule has 0 saturated carbocycles. The van der Waals surface area contributed by atoms with Crippen molar-refractivity contribution in [2.45, 2.75) is 20.8 Å². The summed E-state index contributed by atoms with van der Waals surface area (Å²) in [4.78, 5) is 13.9. The van der Waals surface area contributed by atoms with Gasteiger partial charge < -0.3 is 14.9 Å². The van der Waals surface area contributed by atoms with E-state index in [9.17, 15) is 10.1 Å². The maximum atomic E-state index is 10.8. The third kappa shape index (κ3) is 3.87. The van der Waals surface area contributed by atoms with Gasteiger partial charge in [0, 0.05) is 5.92 Å². The molecule has 0 N–H and O–H groups in total. The van der Waals surface area contributed by atoms with Gasteiger partial charge in [-0.2, -0.15) is 12.6 Å². The Balaban J connectivity index is 2.77. The molecule has 0 aliphatic rings. The van der Waals surface area contributed by atoms with Crippen LogP contribution in [0.15, 0.2) is 18.3 Å². The number of aromatic nitrogens is 1. The topological polar surface area (TPSA) is 65.3 Å². The van der Waals surface area contributed by atoms with Gasteiger partial charge in [0.2, 0.25) is 5.75 Å². The van der Waals surface area contributed by atoms with Crippen LogP contribution in [0, 0.1) is 21.4 Å². The van der Waals surface area contributed by atoms with E-state index in [-0.39, 0.29) is 22.9 Å². The summed E-state index contributed by atoms with van der Waals surface area (Å²) >= 11 is 4.29. The molecule has 0 saturated heterocycles. The van der Waals surface area contributed by atoms with Gasteiger partial charge in [-0.15, -0.1) is 0 Å². The van der Waals surface area contributed by atoms with Crippen LogP contribution in [0.3, 0.4) is 0 Å². The molecule has 6 heteroatoms. The Hall–Kier alpha value is -1.30. The zero-order valence-electron chi connectivity index (χ0n) is 10.8. The van der Waals surface area contributed by atoms with Crippen LogP contribution in [-0.4, -0.2) is 22.3 Å². The van der Waals surface area contributed by atoms with Gasteiger partial charge in [-0.25, -0.2) is 0 Å². The van der Waals surface area contributed by atoms with Crippen LogP contribution in [0.2, 0.25) is 0 Å². The predicted molar refractivity (Wildman–Crippen MR) is 73.2 cm³/mol. The highest BCUT2D eigenvalue weighted by molar-refractivity contribution is 7.80. The molecule has 0 fully saturated rings. The zero-order chi connectivity index (χ0) is 13.8. The molecule has 0 aliphatic heterocycles. The summed E-state index contributed by atoms with van der Waals surface area (Å²) < 4.78 is 5.52. The molecular weight excluding hydrogens is 252 g/mol. The Morgan fingerprint density at radius 2 is 2.22 bits per heavy atom. The molecular formula is C12H18N2O3S. The van der Waals surface area contributed by atoms with E-state index in [1.54, 1.807) is 12.1 Å². The van der Waals surface area contributed by atoms with Crippen molar-refractivity contribution in [3.63, 3.8) is 0 Å². The highest BCUT2D eigenvalue weighted by atomic mass is 32.1. The standard InChI is InChI=1S/C12H18N2O3S/c1-12(2,3)9(8-18)7-17-10-5-4-6-13-11(10)14(15)16/h4-6,9,18H,7-8H2,1-3H3. The highest BCUT2D eigenvalue weighted by Gasteiger charge is 2.25. The summed E-state index contributed by atoms with van der Waals surface area (Å²) in [5.41, 5.74) is 0.0404. The van der Waals surface area contributed by atoms with Crippen LogP contribution in [0.25, 0.3) is 0 Å². The monoisotopic (exact) mass is 270 g/mol. The molecule has 0 aliphatic carbocycles. The first-order valence-electron chi connectivity index (χ1n) is 5.69. The van der Waals surface area contributed by atoms with Gasteiger partial charge >= 0.3 is 5.82 Å².